The van der Waals surface area contributed by atoms with E-state index in [0.29, 0.717) is 42.0 Å². The second-order valence-corrected chi connectivity index (χ2v) is 7.80. The van der Waals surface area contributed by atoms with Crippen molar-refractivity contribution in [2.75, 3.05) is 26.3 Å². The maximum absolute atomic E-state index is 12.8. The van der Waals surface area contributed by atoms with Gasteiger partial charge >= 0.3 is 0 Å². The number of aryl methyl sites for hydroxylation is 1. The largest absolute Gasteiger partial charge is 0.378 e. The Kier molecular flexibility index (Phi) is 5.71. The normalized spacial score (nSPS) is 16.5. The number of thiazole rings is 1. The fraction of sp³-hybridized carbons (Fsp3) is 0.389. The lowest BCUT2D eigenvalue weighted by atomic mass is 10.2. The van der Waals surface area contributed by atoms with E-state index >= 15 is 0 Å². The first-order valence-electron chi connectivity index (χ1n) is 8.33. The minimum atomic E-state index is -0.335. The summed E-state index contributed by atoms with van der Waals surface area (Å²) in [7, 11) is 0. The minimum absolute atomic E-state index is 0.0263. The van der Waals surface area contributed by atoms with Crippen LogP contribution in [0, 0.1) is 18.3 Å². The Morgan fingerprint density at radius 2 is 2.15 bits per heavy atom. The number of morpholine rings is 1. The van der Waals surface area contributed by atoms with Crippen molar-refractivity contribution in [3.8, 4) is 6.07 Å². The van der Waals surface area contributed by atoms with Crippen molar-refractivity contribution in [1.82, 2.24) is 9.47 Å². The Balaban J connectivity index is 2.18. The number of carbonyl (C=O) groups is 1. The lowest BCUT2D eigenvalue weighted by Crippen LogP contribution is -2.42. The Bertz CT molecular complexity index is 1030. The van der Waals surface area contributed by atoms with Gasteiger partial charge in [-0.25, -0.2) is 0 Å². The van der Waals surface area contributed by atoms with Gasteiger partial charge in [-0.05, 0) is 36.9 Å². The quantitative estimate of drug-likeness (QED) is 0.773. The number of rotatable bonds is 3. The van der Waals surface area contributed by atoms with Crippen molar-refractivity contribution in [2.45, 2.75) is 20.4 Å². The fourth-order valence-electron chi connectivity index (χ4n) is 2.76. The molecule has 0 N–H and O–H groups in total. The number of hydrogen-bond acceptors (Lipinski definition) is 6. The molecule has 26 heavy (non-hydrogen) atoms. The van der Waals surface area contributed by atoms with Crippen LogP contribution < -0.4 is 14.8 Å². The summed E-state index contributed by atoms with van der Waals surface area (Å²) >= 11 is 2.77. The van der Waals surface area contributed by atoms with E-state index in [2.05, 4.69) is 0 Å². The fourth-order valence-corrected chi connectivity index (χ4v) is 4.83. The molecule has 8 heteroatoms. The topological polar surface area (TPSA) is 75.3 Å². The van der Waals surface area contributed by atoms with Crippen LogP contribution in [0.25, 0.3) is 11.6 Å². The predicted octanol–water partition coefficient (Wildman–Crippen LogP) is 0.661. The van der Waals surface area contributed by atoms with E-state index in [1.807, 2.05) is 37.4 Å². The molecule has 2 aromatic heterocycles. The molecule has 0 atom stereocenters. The first-order chi connectivity index (χ1) is 12.6. The molecule has 1 fully saturated rings. The highest BCUT2D eigenvalue weighted by Crippen LogP contribution is 2.15. The van der Waals surface area contributed by atoms with Crippen molar-refractivity contribution in [3.05, 3.63) is 41.4 Å². The Labute approximate surface area is 158 Å². The van der Waals surface area contributed by atoms with E-state index in [0.717, 1.165) is 10.4 Å². The molecule has 1 amide bonds. The number of carbonyl (C=O) groups excluding carboxylic acids is 1. The molecule has 0 aliphatic carbocycles. The van der Waals surface area contributed by atoms with Gasteiger partial charge in [-0.1, -0.05) is 0 Å². The third-order valence-corrected chi connectivity index (χ3v) is 6.32. The number of nitriles is 1. The van der Waals surface area contributed by atoms with Crippen LogP contribution in [-0.4, -0.2) is 41.7 Å². The van der Waals surface area contributed by atoms with E-state index in [-0.39, 0.29) is 17.0 Å². The Morgan fingerprint density at radius 1 is 1.42 bits per heavy atom. The average molecular weight is 390 g/mol. The molecule has 1 saturated heterocycles. The van der Waals surface area contributed by atoms with Crippen LogP contribution in [0.2, 0.25) is 0 Å². The molecular weight excluding hydrogens is 370 g/mol. The number of aromatic nitrogens is 1. The first-order valence-corrected chi connectivity index (χ1v) is 10.0. The van der Waals surface area contributed by atoms with Crippen LogP contribution in [0.4, 0.5) is 0 Å². The summed E-state index contributed by atoms with van der Waals surface area (Å²) in [6.07, 6.45) is 1.84. The molecular formula is C18H19N3O3S2. The molecule has 0 aromatic carbocycles. The summed E-state index contributed by atoms with van der Waals surface area (Å²) in [6.45, 7) is 6.08. The molecule has 3 rings (SSSR count). The number of thiophene rings is 1. The summed E-state index contributed by atoms with van der Waals surface area (Å²) < 4.78 is 7.74. The van der Waals surface area contributed by atoms with Gasteiger partial charge in [0.25, 0.3) is 11.5 Å². The molecule has 3 heterocycles. The van der Waals surface area contributed by atoms with Crippen LogP contribution >= 0.6 is 22.7 Å². The van der Waals surface area contributed by atoms with Crippen molar-refractivity contribution in [2.24, 2.45) is 0 Å². The van der Waals surface area contributed by atoms with Crippen LogP contribution in [0.15, 0.2) is 16.2 Å². The molecule has 2 aromatic rings. The van der Waals surface area contributed by atoms with Gasteiger partial charge < -0.3 is 9.64 Å². The minimum Gasteiger partial charge on any atom is -0.378 e. The van der Waals surface area contributed by atoms with Gasteiger partial charge in [0.2, 0.25) is 0 Å². The van der Waals surface area contributed by atoms with E-state index in [1.165, 1.54) is 15.9 Å². The zero-order valence-corrected chi connectivity index (χ0v) is 16.3. The van der Waals surface area contributed by atoms with Crippen LogP contribution in [-0.2, 0) is 16.1 Å². The SMILES string of the molecule is CCn1c(=O)/c(=C\c2sccc2C)s/c1=C(/C#N)C(=O)N1CCOCC1. The maximum atomic E-state index is 12.8. The highest BCUT2D eigenvalue weighted by atomic mass is 32.1. The predicted molar refractivity (Wildman–Crippen MR) is 103 cm³/mol. The zero-order chi connectivity index (χ0) is 18.7. The van der Waals surface area contributed by atoms with Gasteiger partial charge in [-0.3, -0.25) is 14.2 Å². The number of ether oxygens (including phenoxy) is 1. The van der Waals surface area contributed by atoms with E-state index in [1.54, 1.807) is 16.2 Å². The Morgan fingerprint density at radius 3 is 2.73 bits per heavy atom. The van der Waals surface area contributed by atoms with Crippen LogP contribution in [0.5, 0.6) is 0 Å². The summed E-state index contributed by atoms with van der Waals surface area (Å²) in [5.74, 6) is -0.335. The number of hydrogen-bond donors (Lipinski definition) is 0. The highest BCUT2D eigenvalue weighted by molar-refractivity contribution is 7.11. The third kappa shape index (κ3) is 3.51. The van der Waals surface area contributed by atoms with Gasteiger partial charge in [0, 0.05) is 24.5 Å². The third-order valence-electron chi connectivity index (χ3n) is 4.23. The van der Waals surface area contributed by atoms with Crippen molar-refractivity contribution in [1.29, 1.82) is 5.26 Å². The number of nitrogens with zero attached hydrogens (tertiary/aromatic N) is 3. The second-order valence-electron chi connectivity index (χ2n) is 5.82. The molecule has 0 radical (unpaired) electrons. The standard InChI is InChI=1S/C18H19N3O3S2/c1-3-21-17(23)15(10-14-12(2)4-9-25-14)26-18(21)13(11-19)16(22)20-5-7-24-8-6-20/h4,9-10H,3,5-8H2,1-2H3/b15-10+,18-13-. The van der Waals surface area contributed by atoms with E-state index < -0.39 is 0 Å². The lowest BCUT2D eigenvalue weighted by Gasteiger charge is -2.26. The first kappa shape index (κ1) is 18.6. The molecule has 0 saturated carbocycles. The van der Waals surface area contributed by atoms with E-state index in [9.17, 15) is 14.9 Å². The highest BCUT2D eigenvalue weighted by Gasteiger charge is 2.23. The molecule has 0 unspecified atom stereocenters. The zero-order valence-electron chi connectivity index (χ0n) is 14.7. The van der Waals surface area contributed by atoms with Gasteiger partial charge in [-0.2, -0.15) is 5.26 Å². The molecule has 6 nitrogen and oxygen atoms in total. The van der Waals surface area contributed by atoms with Gasteiger partial charge in [0.05, 0.1) is 17.7 Å². The summed E-state index contributed by atoms with van der Waals surface area (Å²) in [6, 6.07) is 4.02. The lowest BCUT2D eigenvalue weighted by molar-refractivity contribution is -0.128. The Hall–Kier alpha value is -2.21. The van der Waals surface area contributed by atoms with Gasteiger partial charge in [0.15, 0.2) is 5.57 Å². The van der Waals surface area contributed by atoms with Crippen LogP contribution in [0.3, 0.4) is 0 Å². The molecule has 0 bridgehead atoms. The second kappa shape index (κ2) is 7.99. The smallest absolute Gasteiger partial charge is 0.269 e. The summed E-state index contributed by atoms with van der Waals surface area (Å²) in [5, 5.41) is 11.6. The maximum Gasteiger partial charge on any atom is 0.269 e. The number of amides is 1. The van der Waals surface area contributed by atoms with Crippen molar-refractivity contribution in [3.63, 3.8) is 0 Å². The van der Waals surface area contributed by atoms with Crippen LogP contribution in [0.1, 0.15) is 17.4 Å². The monoisotopic (exact) mass is 389 g/mol. The summed E-state index contributed by atoms with van der Waals surface area (Å²) in [5.41, 5.74) is 0.961. The molecule has 136 valence electrons. The molecule has 1 aliphatic heterocycles. The average Bonchev–Trinajstić information content (AvgIpc) is 3.20. The summed E-state index contributed by atoms with van der Waals surface area (Å²) in [4.78, 5) is 28.2. The van der Waals surface area contributed by atoms with Gasteiger partial charge in [-0.15, -0.1) is 22.7 Å². The van der Waals surface area contributed by atoms with E-state index in [4.69, 9.17) is 4.74 Å². The molecule has 0 spiro atoms. The molecule has 1 aliphatic rings. The van der Waals surface area contributed by atoms with Gasteiger partial charge in [0.1, 0.15) is 10.7 Å². The van der Waals surface area contributed by atoms with Crippen molar-refractivity contribution < 1.29 is 9.53 Å². The van der Waals surface area contributed by atoms with Crippen molar-refractivity contribution >= 4 is 40.2 Å².